The Morgan fingerprint density at radius 3 is 1.86 bits per heavy atom. The average molecular weight is 427 g/mol. The molecule has 0 aromatic rings. The maximum atomic E-state index is 12.3. The van der Waals surface area contributed by atoms with Crippen LogP contribution in [0.15, 0.2) is 0 Å². The van der Waals surface area contributed by atoms with E-state index in [2.05, 4.69) is 48.9 Å². The Kier molecular flexibility index (Phi) is 8.72. The first-order valence-electron chi connectivity index (χ1n) is 8.04. The molecule has 0 bridgehead atoms. The van der Waals surface area contributed by atoms with E-state index in [9.17, 15) is 10.1 Å². The summed E-state index contributed by atoms with van der Waals surface area (Å²) in [5.41, 5.74) is -1.01. The van der Waals surface area contributed by atoms with Crippen LogP contribution in [0.4, 0.5) is 0 Å². The summed E-state index contributed by atoms with van der Waals surface area (Å²) >= 11 is 2.69. The number of halogens is 1. The van der Waals surface area contributed by atoms with Gasteiger partial charge in [-0.05, 0) is 0 Å². The number of ether oxygens (including phenoxy) is 1. The molecule has 0 saturated heterocycles. The van der Waals surface area contributed by atoms with Crippen LogP contribution >= 0.6 is 26.3 Å². The Bertz CT molecular complexity index is 374. The zero-order valence-corrected chi connectivity index (χ0v) is 17.3. The summed E-state index contributed by atoms with van der Waals surface area (Å²) in [6.45, 7) is 10.5. The molecule has 0 aliphatic rings. The molecule has 0 saturated carbocycles. The summed E-state index contributed by atoms with van der Waals surface area (Å²) in [7, 11) is 0. The zero-order chi connectivity index (χ0) is 16.6. The molecule has 0 aliphatic heterocycles. The standard InChI is InChI=1S/C16H31INO2P/c1-6-10-21(17,11-7-2,12-8-3)14-16(5,13-18)15(19)20-9-4/h6-12,14H2,1-5H3. The first kappa shape index (κ1) is 21.1. The second kappa shape index (κ2) is 8.67. The van der Waals surface area contributed by atoms with Crippen LogP contribution in [0.2, 0.25) is 0 Å². The SMILES string of the molecule is CCCP(I)(CCC)(CCC)CC(C)(C#N)C(=O)OCC. The van der Waals surface area contributed by atoms with Gasteiger partial charge in [-0.1, -0.05) is 0 Å². The third kappa shape index (κ3) is 5.67. The summed E-state index contributed by atoms with van der Waals surface area (Å²) in [4.78, 5) is 12.3. The molecule has 0 rings (SSSR count). The molecule has 21 heavy (non-hydrogen) atoms. The van der Waals surface area contributed by atoms with Gasteiger partial charge in [-0.15, -0.1) is 0 Å². The van der Waals surface area contributed by atoms with Crippen molar-refractivity contribution in [1.82, 2.24) is 0 Å². The average Bonchev–Trinajstić information content (AvgIpc) is 2.39. The number of hydrogen-bond donors (Lipinski definition) is 0. The van der Waals surface area contributed by atoms with Crippen molar-refractivity contribution in [1.29, 1.82) is 5.26 Å². The van der Waals surface area contributed by atoms with Gasteiger partial charge in [-0.25, -0.2) is 0 Å². The van der Waals surface area contributed by atoms with E-state index < -0.39 is 9.66 Å². The first-order valence-corrected chi connectivity index (χ1v) is 13.8. The summed E-state index contributed by atoms with van der Waals surface area (Å²) in [6.07, 6.45) is 7.52. The van der Waals surface area contributed by atoms with Crippen molar-refractivity contribution in [3.05, 3.63) is 0 Å². The minimum atomic E-state index is -2.09. The molecular formula is C16H31INO2P. The van der Waals surface area contributed by atoms with Crippen LogP contribution in [0, 0.1) is 16.7 Å². The molecule has 0 heterocycles. The number of hydrogen-bond acceptors (Lipinski definition) is 3. The van der Waals surface area contributed by atoms with Crippen LogP contribution in [0.3, 0.4) is 0 Å². The molecule has 0 fully saturated rings. The normalized spacial score (nSPS) is 16.3. The van der Waals surface area contributed by atoms with Crippen LogP contribution in [-0.4, -0.2) is 37.2 Å². The van der Waals surface area contributed by atoms with Gasteiger partial charge in [0.05, 0.1) is 0 Å². The van der Waals surface area contributed by atoms with E-state index in [4.69, 9.17) is 4.74 Å². The van der Waals surface area contributed by atoms with Crippen molar-refractivity contribution in [3.8, 4) is 6.07 Å². The van der Waals surface area contributed by atoms with Gasteiger partial charge in [0.1, 0.15) is 0 Å². The molecule has 0 N–H and O–H groups in total. The molecule has 0 radical (unpaired) electrons. The number of nitrogens with zero attached hydrogens (tertiary/aromatic N) is 1. The van der Waals surface area contributed by atoms with E-state index in [1.165, 1.54) is 0 Å². The Morgan fingerprint density at radius 1 is 1.14 bits per heavy atom. The summed E-state index contributed by atoms with van der Waals surface area (Å²) in [5.74, 6) is -0.346. The number of esters is 1. The van der Waals surface area contributed by atoms with Gasteiger partial charge in [0.2, 0.25) is 0 Å². The first-order chi connectivity index (χ1) is 9.73. The van der Waals surface area contributed by atoms with Gasteiger partial charge in [0.15, 0.2) is 0 Å². The summed E-state index contributed by atoms with van der Waals surface area (Å²) in [6, 6.07) is 2.27. The van der Waals surface area contributed by atoms with Gasteiger partial charge >= 0.3 is 144 Å². The molecule has 0 aromatic heterocycles. The van der Waals surface area contributed by atoms with Gasteiger partial charge < -0.3 is 0 Å². The Hall–Kier alpha value is 0.120. The zero-order valence-electron chi connectivity index (χ0n) is 14.2. The van der Waals surface area contributed by atoms with Gasteiger partial charge in [-0.2, -0.15) is 0 Å². The molecule has 0 amide bonds. The summed E-state index contributed by atoms with van der Waals surface area (Å²) in [5, 5.41) is 9.63. The molecule has 0 spiro atoms. The third-order valence-corrected chi connectivity index (χ3v) is 15.5. The quantitative estimate of drug-likeness (QED) is 0.273. The van der Waals surface area contributed by atoms with Crippen molar-refractivity contribution < 1.29 is 9.53 Å². The van der Waals surface area contributed by atoms with Crippen molar-refractivity contribution >= 4 is 32.3 Å². The predicted molar refractivity (Wildman–Crippen MR) is 102 cm³/mol. The van der Waals surface area contributed by atoms with Crippen LogP contribution in [0.25, 0.3) is 0 Å². The van der Waals surface area contributed by atoms with Crippen LogP contribution in [0.5, 0.6) is 0 Å². The molecule has 1 atom stereocenters. The molecule has 0 aromatic carbocycles. The monoisotopic (exact) mass is 427 g/mol. The molecular weight excluding hydrogens is 396 g/mol. The van der Waals surface area contributed by atoms with Crippen LogP contribution in [0.1, 0.15) is 53.9 Å². The van der Waals surface area contributed by atoms with E-state index in [1.807, 2.05) is 0 Å². The van der Waals surface area contributed by atoms with Crippen molar-refractivity contribution in [3.63, 3.8) is 0 Å². The van der Waals surface area contributed by atoms with E-state index in [1.54, 1.807) is 13.8 Å². The van der Waals surface area contributed by atoms with E-state index in [-0.39, 0.29) is 5.97 Å². The molecule has 3 nitrogen and oxygen atoms in total. The summed E-state index contributed by atoms with van der Waals surface area (Å²) < 4.78 is 3.09. The molecule has 0 aliphatic carbocycles. The second-order valence-corrected chi connectivity index (χ2v) is 19.8. The molecule has 5 heteroatoms. The second-order valence-electron chi connectivity index (χ2n) is 6.31. The molecule has 124 valence electrons. The van der Waals surface area contributed by atoms with Gasteiger partial charge in [0, 0.05) is 0 Å². The Labute approximate surface area is 143 Å². The van der Waals surface area contributed by atoms with Crippen LogP contribution < -0.4 is 0 Å². The fraction of sp³-hybridized carbons (Fsp3) is 0.875. The number of carbonyl (C=O) groups excluding carboxylic acids is 1. The van der Waals surface area contributed by atoms with Gasteiger partial charge in [-0.3, -0.25) is 0 Å². The predicted octanol–water partition coefficient (Wildman–Crippen LogP) is 5.21. The number of carbonyl (C=O) groups is 1. The minimum absolute atomic E-state index is 0.336. The molecule has 1 unspecified atom stereocenters. The third-order valence-electron chi connectivity index (χ3n) is 4.03. The van der Waals surface area contributed by atoms with Gasteiger partial charge in [0.25, 0.3) is 0 Å². The number of rotatable bonds is 10. The maximum absolute atomic E-state index is 12.3. The van der Waals surface area contributed by atoms with Crippen molar-refractivity contribution in [2.75, 3.05) is 31.3 Å². The van der Waals surface area contributed by atoms with E-state index in [0.29, 0.717) is 12.8 Å². The van der Waals surface area contributed by atoms with Crippen molar-refractivity contribution in [2.45, 2.75) is 53.9 Å². The topological polar surface area (TPSA) is 50.1 Å². The van der Waals surface area contributed by atoms with E-state index >= 15 is 0 Å². The van der Waals surface area contributed by atoms with E-state index in [0.717, 1.165) is 37.7 Å². The number of nitriles is 1. The fourth-order valence-corrected chi connectivity index (χ4v) is 16.1. The fourth-order valence-electron chi connectivity index (χ4n) is 3.48. The Morgan fingerprint density at radius 2 is 1.57 bits per heavy atom. The van der Waals surface area contributed by atoms with Crippen molar-refractivity contribution in [2.24, 2.45) is 5.41 Å². The van der Waals surface area contributed by atoms with Crippen LogP contribution in [-0.2, 0) is 9.53 Å². The Balaban J connectivity index is 5.64.